The summed E-state index contributed by atoms with van der Waals surface area (Å²) in [6.07, 6.45) is 2.52. The van der Waals surface area contributed by atoms with Crippen molar-refractivity contribution in [2.75, 3.05) is 39.6 Å². The number of amides is 2. The van der Waals surface area contributed by atoms with E-state index in [1.807, 2.05) is 7.05 Å². The predicted molar refractivity (Wildman–Crippen MR) is 163 cm³/mol. The Morgan fingerprint density at radius 1 is 1.16 bits per heavy atom. The summed E-state index contributed by atoms with van der Waals surface area (Å²) in [5, 5.41) is 6.06. The number of hydrogen-bond donors (Lipinski definition) is 2. The van der Waals surface area contributed by atoms with Gasteiger partial charge >= 0.3 is 6.18 Å². The molecule has 0 bridgehead atoms. The molecule has 12 heteroatoms. The van der Waals surface area contributed by atoms with Gasteiger partial charge in [-0.05, 0) is 88.7 Å². The van der Waals surface area contributed by atoms with E-state index in [9.17, 15) is 22.8 Å². The number of hydrogen-bond acceptors (Lipinski definition) is 7. The number of nitrogens with one attached hydrogen (secondary N) is 2. The van der Waals surface area contributed by atoms with Crippen LogP contribution in [0.1, 0.15) is 80.4 Å². The number of rotatable bonds is 10. The molecule has 3 atom stereocenters. The van der Waals surface area contributed by atoms with E-state index in [0.29, 0.717) is 23.4 Å². The third-order valence-electron chi connectivity index (χ3n) is 9.28. The van der Waals surface area contributed by atoms with E-state index in [1.54, 1.807) is 30.0 Å². The first-order chi connectivity index (χ1) is 20.9. The molecule has 44 heavy (non-hydrogen) atoms. The molecule has 1 saturated carbocycles. The first kappa shape index (κ1) is 33.5. The van der Waals surface area contributed by atoms with Crippen molar-refractivity contribution in [1.82, 2.24) is 25.1 Å². The fraction of sp³-hybridized carbons (Fsp3) is 0.625. The molecule has 2 amide bonds. The van der Waals surface area contributed by atoms with Crippen molar-refractivity contribution < 1.29 is 27.5 Å². The van der Waals surface area contributed by atoms with Crippen molar-refractivity contribution in [3.8, 4) is 5.75 Å². The summed E-state index contributed by atoms with van der Waals surface area (Å²) < 4.78 is 47.4. The number of aryl methyl sites for hydroxylation is 1. The third kappa shape index (κ3) is 8.40. The van der Waals surface area contributed by atoms with Gasteiger partial charge in [0.05, 0.1) is 24.1 Å². The molecule has 3 unspecified atom stereocenters. The van der Waals surface area contributed by atoms with Crippen LogP contribution in [-0.4, -0.2) is 78.0 Å². The van der Waals surface area contributed by atoms with E-state index in [0.717, 1.165) is 57.8 Å². The molecule has 0 radical (unpaired) electrons. The number of piperidine rings is 1. The highest BCUT2D eigenvalue weighted by molar-refractivity contribution is 5.95. The molecular weight excluding hydrogens is 573 g/mol. The van der Waals surface area contributed by atoms with E-state index in [-0.39, 0.29) is 53.8 Å². The van der Waals surface area contributed by atoms with Crippen LogP contribution in [-0.2, 0) is 17.4 Å². The van der Waals surface area contributed by atoms with Crippen molar-refractivity contribution in [2.45, 2.75) is 83.5 Å². The summed E-state index contributed by atoms with van der Waals surface area (Å²) >= 11 is 0. The van der Waals surface area contributed by atoms with Crippen LogP contribution in [0.4, 0.5) is 24.8 Å². The maximum atomic E-state index is 14.0. The molecule has 2 fully saturated rings. The second-order valence-corrected chi connectivity index (χ2v) is 12.3. The minimum absolute atomic E-state index is 0.00122. The van der Waals surface area contributed by atoms with Gasteiger partial charge in [0.1, 0.15) is 5.75 Å². The largest absolute Gasteiger partial charge is 0.495 e. The van der Waals surface area contributed by atoms with E-state index >= 15 is 0 Å². The highest BCUT2D eigenvalue weighted by Crippen LogP contribution is 2.37. The summed E-state index contributed by atoms with van der Waals surface area (Å²) in [4.78, 5) is 37.2. The van der Waals surface area contributed by atoms with Gasteiger partial charge in [-0.1, -0.05) is 19.8 Å². The van der Waals surface area contributed by atoms with Gasteiger partial charge in [-0.25, -0.2) is 9.97 Å². The Morgan fingerprint density at radius 2 is 1.86 bits per heavy atom. The molecule has 2 heterocycles. The second kappa shape index (κ2) is 14.6. The number of likely N-dealkylation sites (tertiary alicyclic amines) is 1. The molecule has 0 spiro atoms. The number of ether oxygens (including phenoxy) is 1. The number of methoxy groups -OCH3 is 1. The Bertz CT molecular complexity index is 1300. The first-order valence-corrected chi connectivity index (χ1v) is 15.5. The summed E-state index contributed by atoms with van der Waals surface area (Å²) in [7, 11) is 5.33. The van der Waals surface area contributed by atoms with Crippen molar-refractivity contribution >= 4 is 23.5 Å². The SMILES string of the molecule is COc1cc(C(=O)NC2CCN(C)CC2)ccc1Nc1ncc(C(F)(F)F)c(CCC(C)C2CCCCC2N(C)C(C)=O)n1. The highest BCUT2D eigenvalue weighted by atomic mass is 19.4. The quantitative estimate of drug-likeness (QED) is 0.354. The molecule has 9 nitrogen and oxygen atoms in total. The van der Waals surface area contributed by atoms with Gasteiger partial charge in [0.25, 0.3) is 5.91 Å². The second-order valence-electron chi connectivity index (χ2n) is 12.3. The Morgan fingerprint density at radius 3 is 2.52 bits per heavy atom. The molecule has 2 aromatic rings. The molecule has 4 rings (SSSR count). The first-order valence-electron chi connectivity index (χ1n) is 15.5. The number of halogens is 3. The Balaban J connectivity index is 1.48. The molecule has 1 aromatic carbocycles. The summed E-state index contributed by atoms with van der Waals surface area (Å²) in [6.45, 7) is 5.45. The Kier molecular flexibility index (Phi) is 11.1. The maximum Gasteiger partial charge on any atom is 0.419 e. The monoisotopic (exact) mass is 618 g/mol. The highest BCUT2D eigenvalue weighted by Gasteiger charge is 2.36. The zero-order valence-electron chi connectivity index (χ0n) is 26.3. The zero-order chi connectivity index (χ0) is 32.0. The van der Waals surface area contributed by atoms with Gasteiger partial charge in [0, 0.05) is 37.8 Å². The zero-order valence-corrected chi connectivity index (χ0v) is 26.3. The number of carbonyl (C=O) groups is 2. The smallest absolute Gasteiger partial charge is 0.419 e. The molecule has 2 N–H and O–H groups in total. The number of aromatic nitrogens is 2. The molecule has 1 aliphatic heterocycles. The lowest BCUT2D eigenvalue weighted by Gasteiger charge is -2.40. The Hall–Kier alpha value is -3.41. The van der Waals surface area contributed by atoms with Gasteiger partial charge in [-0.2, -0.15) is 13.2 Å². The molecular formula is C32H45F3N6O3. The lowest BCUT2D eigenvalue weighted by atomic mass is 9.74. The fourth-order valence-corrected chi connectivity index (χ4v) is 6.48. The number of anilines is 2. The van der Waals surface area contributed by atoms with Crippen LogP contribution in [0.2, 0.25) is 0 Å². The Labute approximate surface area is 257 Å². The van der Waals surface area contributed by atoms with Crippen LogP contribution >= 0.6 is 0 Å². The van der Waals surface area contributed by atoms with E-state index in [2.05, 4.69) is 39.5 Å². The van der Waals surface area contributed by atoms with E-state index in [4.69, 9.17) is 4.74 Å². The summed E-state index contributed by atoms with van der Waals surface area (Å²) in [5.41, 5.74) is -0.0862. The van der Waals surface area contributed by atoms with Crippen molar-refractivity contribution in [2.24, 2.45) is 11.8 Å². The third-order valence-corrected chi connectivity index (χ3v) is 9.28. The van der Waals surface area contributed by atoms with Gasteiger partial charge < -0.3 is 25.2 Å². The molecule has 2 aliphatic rings. The number of carbonyl (C=O) groups excluding carboxylic acids is 2. The van der Waals surface area contributed by atoms with E-state index in [1.165, 1.54) is 7.11 Å². The van der Waals surface area contributed by atoms with E-state index < -0.39 is 11.7 Å². The molecule has 1 aliphatic carbocycles. The van der Waals surface area contributed by atoms with Crippen LogP contribution in [0.3, 0.4) is 0 Å². The lowest BCUT2D eigenvalue weighted by Crippen LogP contribution is -2.44. The van der Waals surface area contributed by atoms with Gasteiger partial charge in [0.2, 0.25) is 11.9 Å². The van der Waals surface area contributed by atoms with Gasteiger partial charge in [0.15, 0.2) is 0 Å². The van der Waals surface area contributed by atoms with Crippen LogP contribution in [0.25, 0.3) is 0 Å². The van der Waals surface area contributed by atoms with Crippen LogP contribution in [0.15, 0.2) is 24.4 Å². The van der Waals surface area contributed by atoms with Crippen molar-refractivity contribution in [3.63, 3.8) is 0 Å². The average Bonchev–Trinajstić information content (AvgIpc) is 3.00. The van der Waals surface area contributed by atoms with Crippen molar-refractivity contribution in [3.05, 3.63) is 41.2 Å². The topological polar surface area (TPSA) is 99.7 Å². The summed E-state index contributed by atoms with van der Waals surface area (Å²) in [5.74, 6) is 0.461. The lowest BCUT2D eigenvalue weighted by molar-refractivity contribution is -0.139. The van der Waals surface area contributed by atoms with Crippen LogP contribution in [0, 0.1) is 11.8 Å². The summed E-state index contributed by atoms with van der Waals surface area (Å²) in [6, 6.07) is 5.06. The van der Waals surface area contributed by atoms with Crippen LogP contribution < -0.4 is 15.4 Å². The molecule has 242 valence electrons. The van der Waals surface area contributed by atoms with Crippen molar-refractivity contribution in [1.29, 1.82) is 0 Å². The number of alkyl halides is 3. The minimum Gasteiger partial charge on any atom is -0.495 e. The maximum absolute atomic E-state index is 14.0. The molecule has 1 saturated heterocycles. The number of benzene rings is 1. The van der Waals surface area contributed by atoms with Gasteiger partial charge in [-0.15, -0.1) is 0 Å². The predicted octanol–water partition coefficient (Wildman–Crippen LogP) is 5.68. The van der Waals surface area contributed by atoms with Gasteiger partial charge in [-0.3, -0.25) is 9.59 Å². The average molecular weight is 619 g/mol. The fourth-order valence-electron chi connectivity index (χ4n) is 6.48. The van der Waals surface area contributed by atoms with Crippen LogP contribution in [0.5, 0.6) is 5.75 Å². The minimum atomic E-state index is -4.60. The standard InChI is InChI=1S/C32H45F3N6O3/c1-20(24-8-6-7-9-28(24)41(4)21(2)42)10-12-26-25(32(33,34)35)19-36-31(38-26)39-27-13-11-22(18-29(27)44-5)30(43)37-23-14-16-40(3)17-15-23/h11,13,18-20,23-24,28H,6-10,12,14-17H2,1-5H3,(H,37,43)(H,36,38,39). The number of nitrogens with zero attached hydrogens (tertiary/aromatic N) is 4. The molecule has 1 aromatic heterocycles. The normalized spacial score (nSPS) is 20.5.